The highest BCUT2D eigenvalue weighted by molar-refractivity contribution is 5.75. The molecule has 1 aromatic carbocycles. The van der Waals surface area contributed by atoms with Gasteiger partial charge in [0.25, 0.3) is 0 Å². The van der Waals surface area contributed by atoms with Crippen molar-refractivity contribution in [2.45, 2.75) is 38.5 Å². The fourth-order valence-electron chi connectivity index (χ4n) is 4.45. The van der Waals surface area contributed by atoms with Gasteiger partial charge < -0.3 is 10.0 Å². The maximum absolute atomic E-state index is 9.02. The molecule has 1 aliphatic heterocycles. The van der Waals surface area contributed by atoms with Gasteiger partial charge in [0.05, 0.1) is 5.69 Å². The number of aromatic nitrogens is 2. The highest BCUT2D eigenvalue weighted by Crippen LogP contribution is 2.42. The second kappa shape index (κ2) is 8.25. The number of nitrogens with zero attached hydrogens (tertiary/aromatic N) is 4. The van der Waals surface area contributed by atoms with Crippen LogP contribution >= 0.6 is 0 Å². The van der Waals surface area contributed by atoms with E-state index in [1.165, 1.54) is 16.7 Å². The molecule has 5 heteroatoms. The molecule has 2 aliphatic rings. The molecule has 154 valence electrons. The summed E-state index contributed by atoms with van der Waals surface area (Å²) < 4.78 is 0. The number of hydrogen-bond donors (Lipinski definition) is 1. The highest BCUT2D eigenvalue weighted by atomic mass is 16.3. The number of allylic oxidation sites excluding steroid dienone is 1. The average Bonchev–Trinajstić information content (AvgIpc) is 2.75. The number of fused-ring (bicyclic) bond motifs is 1. The molecule has 4 rings (SSSR count). The molecule has 0 radical (unpaired) electrons. The molecular weight excluding hydrogens is 360 g/mol. The van der Waals surface area contributed by atoms with Crippen LogP contribution in [0.25, 0.3) is 16.8 Å². The van der Waals surface area contributed by atoms with Gasteiger partial charge >= 0.3 is 0 Å². The normalized spacial score (nSPS) is 19.3. The van der Waals surface area contributed by atoms with Crippen molar-refractivity contribution in [1.29, 1.82) is 0 Å². The topological polar surface area (TPSA) is 52.5 Å². The molecule has 0 unspecified atom stereocenters. The molecule has 1 saturated heterocycles. The fraction of sp³-hybridized carbons (Fsp3) is 0.500. The largest absolute Gasteiger partial charge is 0.396 e. The zero-order chi connectivity index (χ0) is 20.4. The van der Waals surface area contributed by atoms with Crippen LogP contribution in [0.4, 0.5) is 5.95 Å². The lowest BCUT2D eigenvalue weighted by atomic mass is 9.71. The summed E-state index contributed by atoms with van der Waals surface area (Å²) in [5, 5.41) is 9.02. The summed E-state index contributed by atoms with van der Waals surface area (Å²) in [5.74, 6) is 0.807. The molecule has 2 aromatic rings. The first-order valence-corrected chi connectivity index (χ1v) is 10.7. The Labute approximate surface area is 174 Å². The minimum Gasteiger partial charge on any atom is -0.396 e. The zero-order valence-electron chi connectivity index (χ0n) is 17.7. The number of benzene rings is 1. The van der Waals surface area contributed by atoms with Gasteiger partial charge in [-0.15, -0.1) is 0 Å². The van der Waals surface area contributed by atoms with E-state index in [9.17, 15) is 0 Å². The van der Waals surface area contributed by atoms with E-state index in [-0.39, 0.29) is 12.0 Å². The summed E-state index contributed by atoms with van der Waals surface area (Å²) in [6.07, 6.45) is 4.92. The van der Waals surface area contributed by atoms with Crippen molar-refractivity contribution in [1.82, 2.24) is 14.9 Å². The third kappa shape index (κ3) is 4.21. The standard InChI is InChI=1S/C24H32N4O/c1-18-7-9-24(2,3)21-6-5-19(17-20(18)21)22-8-10-25-23(26-22)28-14-12-27(13-15-28)11-4-16-29/h5-6,8,10,17,29H,1,4,7,9,11-16H2,2-3H3. The first-order valence-electron chi connectivity index (χ1n) is 10.7. The van der Waals surface area contributed by atoms with Crippen LogP contribution in [0.1, 0.15) is 44.2 Å². The average molecular weight is 393 g/mol. The van der Waals surface area contributed by atoms with Crippen LogP contribution in [0.2, 0.25) is 0 Å². The molecule has 29 heavy (non-hydrogen) atoms. The predicted molar refractivity (Wildman–Crippen MR) is 119 cm³/mol. The number of aliphatic hydroxyl groups excluding tert-OH is 1. The molecule has 0 amide bonds. The minimum absolute atomic E-state index is 0.196. The van der Waals surface area contributed by atoms with Crippen LogP contribution < -0.4 is 4.90 Å². The Balaban J connectivity index is 1.54. The summed E-state index contributed by atoms with van der Waals surface area (Å²) in [6, 6.07) is 8.71. The first kappa shape index (κ1) is 20.0. The van der Waals surface area contributed by atoms with Crippen LogP contribution in [0.3, 0.4) is 0 Å². The van der Waals surface area contributed by atoms with Gasteiger partial charge in [-0.25, -0.2) is 9.97 Å². The summed E-state index contributed by atoms with van der Waals surface area (Å²) in [7, 11) is 0. The number of aliphatic hydroxyl groups is 1. The molecule has 0 bridgehead atoms. The van der Waals surface area contributed by atoms with Gasteiger partial charge in [-0.2, -0.15) is 0 Å². The van der Waals surface area contributed by atoms with E-state index in [0.29, 0.717) is 0 Å². The predicted octanol–water partition coefficient (Wildman–Crippen LogP) is 3.73. The molecule has 0 atom stereocenters. The number of rotatable bonds is 5. The van der Waals surface area contributed by atoms with Gasteiger partial charge in [0, 0.05) is 51.1 Å². The van der Waals surface area contributed by atoms with Crippen molar-refractivity contribution in [3.8, 4) is 11.3 Å². The second-order valence-corrected chi connectivity index (χ2v) is 8.90. The van der Waals surface area contributed by atoms with Crippen LogP contribution in [0.15, 0.2) is 37.0 Å². The van der Waals surface area contributed by atoms with Gasteiger partial charge in [0.2, 0.25) is 5.95 Å². The lowest BCUT2D eigenvalue weighted by Gasteiger charge is -2.35. The molecule has 1 fully saturated rings. The van der Waals surface area contributed by atoms with E-state index < -0.39 is 0 Å². The summed E-state index contributed by atoms with van der Waals surface area (Å²) in [4.78, 5) is 14.1. The van der Waals surface area contributed by atoms with Crippen molar-refractivity contribution >= 4 is 11.5 Å². The van der Waals surface area contributed by atoms with E-state index in [0.717, 1.165) is 69.2 Å². The molecular formula is C24H32N4O. The van der Waals surface area contributed by atoms with Crippen molar-refractivity contribution in [2.24, 2.45) is 0 Å². The Morgan fingerprint density at radius 1 is 1.14 bits per heavy atom. The summed E-state index contributed by atoms with van der Waals surface area (Å²) >= 11 is 0. The van der Waals surface area contributed by atoms with Gasteiger partial charge in [-0.1, -0.05) is 32.6 Å². The molecule has 0 saturated carbocycles. The quantitative estimate of drug-likeness (QED) is 0.840. The van der Waals surface area contributed by atoms with E-state index in [2.05, 4.69) is 53.4 Å². The van der Waals surface area contributed by atoms with Crippen LogP contribution in [0, 0.1) is 0 Å². The Hall–Kier alpha value is -2.24. The summed E-state index contributed by atoms with van der Waals surface area (Å²) in [5.41, 5.74) is 6.21. The van der Waals surface area contributed by atoms with E-state index in [4.69, 9.17) is 10.1 Å². The van der Waals surface area contributed by atoms with Crippen molar-refractivity contribution in [3.63, 3.8) is 0 Å². The van der Waals surface area contributed by atoms with Crippen molar-refractivity contribution in [2.75, 3.05) is 44.2 Å². The zero-order valence-corrected chi connectivity index (χ0v) is 17.7. The van der Waals surface area contributed by atoms with E-state index in [1.807, 2.05) is 12.3 Å². The lowest BCUT2D eigenvalue weighted by molar-refractivity contribution is 0.215. The second-order valence-electron chi connectivity index (χ2n) is 8.90. The van der Waals surface area contributed by atoms with E-state index in [1.54, 1.807) is 0 Å². The van der Waals surface area contributed by atoms with Gasteiger partial charge in [0.15, 0.2) is 0 Å². The number of hydrogen-bond acceptors (Lipinski definition) is 5. The summed E-state index contributed by atoms with van der Waals surface area (Å²) in [6.45, 7) is 14.0. The number of piperazine rings is 1. The Morgan fingerprint density at radius 2 is 1.93 bits per heavy atom. The smallest absolute Gasteiger partial charge is 0.225 e. The third-order valence-electron chi connectivity index (χ3n) is 6.41. The van der Waals surface area contributed by atoms with Gasteiger partial charge in [-0.05, 0) is 53.5 Å². The van der Waals surface area contributed by atoms with Gasteiger partial charge in [0.1, 0.15) is 0 Å². The SMILES string of the molecule is C=C1CCC(C)(C)c2ccc(-c3ccnc(N4CCN(CCCO)CC4)n3)cc21. The lowest BCUT2D eigenvalue weighted by Crippen LogP contribution is -2.47. The molecule has 1 aliphatic carbocycles. The van der Waals surface area contributed by atoms with Crippen molar-refractivity contribution in [3.05, 3.63) is 48.2 Å². The van der Waals surface area contributed by atoms with Crippen LogP contribution in [-0.4, -0.2) is 59.3 Å². The van der Waals surface area contributed by atoms with Crippen molar-refractivity contribution < 1.29 is 5.11 Å². The van der Waals surface area contributed by atoms with E-state index >= 15 is 0 Å². The molecule has 1 aromatic heterocycles. The minimum atomic E-state index is 0.196. The van der Waals surface area contributed by atoms with Crippen LogP contribution in [0.5, 0.6) is 0 Å². The highest BCUT2D eigenvalue weighted by Gasteiger charge is 2.29. The maximum Gasteiger partial charge on any atom is 0.225 e. The van der Waals surface area contributed by atoms with Gasteiger partial charge in [-0.3, -0.25) is 4.90 Å². The Kier molecular flexibility index (Phi) is 5.70. The molecule has 2 heterocycles. The Morgan fingerprint density at radius 3 is 2.69 bits per heavy atom. The fourth-order valence-corrected chi connectivity index (χ4v) is 4.45. The molecule has 1 N–H and O–H groups in total. The van der Waals surface area contributed by atoms with Crippen LogP contribution in [-0.2, 0) is 5.41 Å². The molecule has 5 nitrogen and oxygen atoms in total. The maximum atomic E-state index is 9.02. The Bertz CT molecular complexity index is 884. The monoisotopic (exact) mass is 392 g/mol. The first-order chi connectivity index (χ1) is 14.0. The third-order valence-corrected chi connectivity index (χ3v) is 6.41. The number of anilines is 1. The molecule has 0 spiro atoms.